The summed E-state index contributed by atoms with van der Waals surface area (Å²) >= 11 is -0.329. The van der Waals surface area contributed by atoms with E-state index < -0.39 is 0 Å². The maximum absolute atomic E-state index is 3.79. The molecule has 0 unspecified atom stereocenters. The van der Waals surface area contributed by atoms with Gasteiger partial charge in [-0.25, -0.2) is 0 Å². The third-order valence-corrected chi connectivity index (χ3v) is 8.77. The third kappa shape index (κ3) is 10.5. The van der Waals surface area contributed by atoms with Crippen LogP contribution in [0.3, 0.4) is 0 Å². The van der Waals surface area contributed by atoms with E-state index in [0.29, 0.717) is 0 Å². The summed E-state index contributed by atoms with van der Waals surface area (Å²) in [6.45, 7) is 7.59. The Hall–Kier alpha value is 1.56. The van der Waals surface area contributed by atoms with E-state index in [2.05, 4.69) is 13.8 Å². The van der Waals surface area contributed by atoms with Crippen molar-refractivity contribution < 1.29 is 44.1 Å². The van der Waals surface area contributed by atoms with Gasteiger partial charge in [-0.3, -0.25) is 0 Å². The van der Waals surface area contributed by atoms with Crippen molar-refractivity contribution in [2.45, 2.75) is 20.7 Å². The van der Waals surface area contributed by atoms with Crippen LogP contribution in [0.15, 0.2) is 0 Å². The Morgan fingerprint density at radius 3 is 1.62 bits per heavy atom. The second-order valence-electron chi connectivity index (χ2n) is 1.77. The fourth-order valence-electron chi connectivity index (χ4n) is 0.530. The van der Waals surface area contributed by atoms with Gasteiger partial charge in [-0.15, -0.1) is 0 Å². The Kier molecular flexibility index (Phi) is 17.4. The summed E-state index contributed by atoms with van der Waals surface area (Å²) in [6.07, 6.45) is 2.36. The molecule has 0 aromatic heterocycles. The van der Waals surface area contributed by atoms with Gasteiger partial charge in [0.2, 0.25) is 0 Å². The molecule has 2 heteroatoms. The Balaban J connectivity index is 0. The average Bonchev–Trinajstić information content (AvgIpc) is 1.69. The molecule has 0 aromatic carbocycles. The topological polar surface area (TPSA) is 0 Å². The third-order valence-electron chi connectivity index (χ3n) is 1.000. The first-order chi connectivity index (χ1) is 3.41. The van der Waals surface area contributed by atoms with Gasteiger partial charge < -0.3 is 0 Å². The average molecular weight is 350 g/mol. The van der Waals surface area contributed by atoms with Crippen LogP contribution >= 0.6 is 0 Å². The van der Waals surface area contributed by atoms with Gasteiger partial charge in [0.1, 0.15) is 0 Å². The molecule has 0 N–H and O–H groups in total. The van der Waals surface area contributed by atoms with E-state index >= 15 is 0 Å². The molecule has 40 valence electrons. The summed E-state index contributed by atoms with van der Waals surface area (Å²) in [5.41, 5.74) is 0. The van der Waals surface area contributed by atoms with Crippen molar-refractivity contribution in [2.24, 2.45) is 0 Å². The van der Waals surface area contributed by atoms with Crippen LogP contribution in [0, 0.1) is 13.8 Å². The molecule has 0 aliphatic carbocycles. The van der Waals surface area contributed by atoms with Crippen LogP contribution in [-0.2, 0) is 44.1 Å². The minimum atomic E-state index is -0.329. The van der Waals surface area contributed by atoms with Gasteiger partial charge in [0.05, 0.1) is 0 Å². The molecule has 0 rings (SSSR count). The van der Waals surface area contributed by atoms with Crippen LogP contribution in [0.4, 0.5) is 0 Å². The normalized spacial score (nSPS) is 7.25. The van der Waals surface area contributed by atoms with Gasteiger partial charge in [-0.1, -0.05) is 0 Å². The molecule has 0 heterocycles. The molecule has 0 atom stereocenters. The second kappa shape index (κ2) is 11.4. The van der Waals surface area contributed by atoms with E-state index in [1.54, 1.807) is 0 Å². The number of hydrogen-bond acceptors (Lipinski definition) is 0. The SMILES string of the molecule is [CH2-]C[CH2][Hg][CH2]C[CH2-].[Zn+2]. The summed E-state index contributed by atoms with van der Waals surface area (Å²) in [5, 5.41) is 0. The molecule has 0 amide bonds. The fraction of sp³-hybridized carbons (Fsp3) is 0.667. The molecule has 8 heavy (non-hydrogen) atoms. The fourth-order valence-corrected chi connectivity index (χ4v) is 4.65. The predicted octanol–water partition coefficient (Wildman–Crippen LogP) is 2.35. The van der Waals surface area contributed by atoms with E-state index in [9.17, 15) is 0 Å². The number of rotatable bonds is 4. The Morgan fingerprint density at radius 1 is 1.00 bits per heavy atom. The minimum Gasteiger partial charge on any atom is 2.00 e. The molecular formula is C6H12HgZn. The first kappa shape index (κ1) is 12.3. The summed E-state index contributed by atoms with van der Waals surface area (Å²) in [7, 11) is 0. The van der Waals surface area contributed by atoms with E-state index in [-0.39, 0.29) is 44.1 Å². The van der Waals surface area contributed by atoms with Crippen molar-refractivity contribution in [3.8, 4) is 0 Å². The van der Waals surface area contributed by atoms with Gasteiger partial charge in [-0.05, 0) is 0 Å². The first-order valence-electron chi connectivity index (χ1n) is 3.00. The van der Waals surface area contributed by atoms with Crippen LogP contribution in [0.2, 0.25) is 7.86 Å². The first-order valence-corrected chi connectivity index (χ1v) is 10.8. The van der Waals surface area contributed by atoms with Crippen LogP contribution in [0.25, 0.3) is 0 Å². The maximum Gasteiger partial charge on any atom is 2.00 e. The summed E-state index contributed by atoms with van der Waals surface area (Å²) in [4.78, 5) is 0. The zero-order valence-electron chi connectivity index (χ0n) is 5.66. The Morgan fingerprint density at radius 2 is 1.38 bits per heavy atom. The van der Waals surface area contributed by atoms with Gasteiger partial charge in [0.15, 0.2) is 0 Å². The van der Waals surface area contributed by atoms with Crippen molar-refractivity contribution in [1.29, 1.82) is 0 Å². The molecule has 0 fully saturated rings. The van der Waals surface area contributed by atoms with Gasteiger partial charge in [0.25, 0.3) is 0 Å². The zero-order valence-corrected chi connectivity index (χ0v) is 14.1. The summed E-state index contributed by atoms with van der Waals surface area (Å²) < 4.78 is 2.99. The van der Waals surface area contributed by atoms with Gasteiger partial charge in [-0.2, -0.15) is 0 Å². The van der Waals surface area contributed by atoms with E-state index in [0.717, 1.165) is 0 Å². The van der Waals surface area contributed by atoms with E-state index in [4.69, 9.17) is 0 Å². The summed E-state index contributed by atoms with van der Waals surface area (Å²) in [6, 6.07) is 0. The monoisotopic (exact) mass is 350 g/mol. The van der Waals surface area contributed by atoms with Crippen molar-refractivity contribution in [2.75, 3.05) is 0 Å². The van der Waals surface area contributed by atoms with Gasteiger partial charge in [0, 0.05) is 0 Å². The van der Waals surface area contributed by atoms with Crippen LogP contribution in [0.1, 0.15) is 12.8 Å². The smallest absolute Gasteiger partial charge is 2.00 e. The van der Waals surface area contributed by atoms with Crippen LogP contribution in [-0.4, -0.2) is 0 Å². The quantitative estimate of drug-likeness (QED) is 0.415. The molecule has 0 nitrogen and oxygen atoms in total. The van der Waals surface area contributed by atoms with Crippen molar-refractivity contribution in [3.63, 3.8) is 0 Å². The molecule has 0 aromatic rings. The van der Waals surface area contributed by atoms with Crippen molar-refractivity contribution >= 4 is 0 Å². The standard InChI is InChI=1S/2C3H6.Hg.Zn/c2*1-3-2;;/h2*1-3H2;;/q2*-1;;+2. The predicted molar refractivity (Wildman–Crippen MR) is 29.6 cm³/mol. The van der Waals surface area contributed by atoms with Gasteiger partial charge >= 0.3 is 78.6 Å². The van der Waals surface area contributed by atoms with Crippen molar-refractivity contribution in [1.82, 2.24) is 0 Å². The van der Waals surface area contributed by atoms with E-state index in [1.165, 1.54) is 20.7 Å². The van der Waals surface area contributed by atoms with E-state index in [1.807, 2.05) is 0 Å². The zero-order chi connectivity index (χ0) is 5.54. The molecule has 0 saturated carbocycles. The molecule has 0 spiro atoms. The maximum atomic E-state index is 3.79. The largest absolute Gasteiger partial charge is 2.00 e. The van der Waals surface area contributed by atoms with Crippen LogP contribution < -0.4 is 0 Å². The minimum absolute atomic E-state index is 0. The molecular weight excluding hydrogens is 338 g/mol. The number of hydrogen-bond donors (Lipinski definition) is 0. The van der Waals surface area contributed by atoms with Crippen molar-refractivity contribution in [3.05, 3.63) is 13.8 Å². The molecule has 0 saturated heterocycles. The Bertz CT molecular complexity index is 27.7. The second-order valence-corrected chi connectivity index (χ2v) is 10.0. The summed E-state index contributed by atoms with van der Waals surface area (Å²) in [5.74, 6) is 0. The molecule has 0 bridgehead atoms. The molecule has 0 aliphatic rings. The Labute approximate surface area is 78.0 Å². The van der Waals surface area contributed by atoms with Crippen LogP contribution in [0.5, 0.6) is 0 Å². The molecule has 0 aliphatic heterocycles. The molecule has 0 radical (unpaired) electrons.